The third kappa shape index (κ3) is 4.76. The lowest BCUT2D eigenvalue weighted by Crippen LogP contribution is -2.40. The molecule has 0 fully saturated rings. The summed E-state index contributed by atoms with van der Waals surface area (Å²) in [5.74, 6) is 1.67. The standard InChI is InChI=1S/C13H21N3O/c1-10-6-5-7-12(8-10)17-11(2)9-16-13(14-3)15-4/h5-8,11H,9H2,1-4H3,(H2,14,15,16). The van der Waals surface area contributed by atoms with Gasteiger partial charge in [-0.25, -0.2) is 0 Å². The van der Waals surface area contributed by atoms with Crippen molar-refractivity contribution in [1.82, 2.24) is 10.6 Å². The van der Waals surface area contributed by atoms with E-state index in [4.69, 9.17) is 4.74 Å². The van der Waals surface area contributed by atoms with E-state index in [-0.39, 0.29) is 6.10 Å². The summed E-state index contributed by atoms with van der Waals surface area (Å²) in [6.45, 7) is 4.79. The Morgan fingerprint density at radius 1 is 1.47 bits per heavy atom. The van der Waals surface area contributed by atoms with Crippen LogP contribution in [0.25, 0.3) is 0 Å². The van der Waals surface area contributed by atoms with Gasteiger partial charge < -0.3 is 15.4 Å². The number of aliphatic imine (C=N–C) groups is 1. The highest BCUT2D eigenvalue weighted by molar-refractivity contribution is 5.79. The minimum atomic E-state index is 0.0851. The molecule has 0 radical (unpaired) electrons. The van der Waals surface area contributed by atoms with Crippen LogP contribution in [-0.2, 0) is 0 Å². The molecule has 0 aliphatic carbocycles. The first-order valence-corrected chi connectivity index (χ1v) is 5.77. The van der Waals surface area contributed by atoms with Crippen LogP contribution in [0.3, 0.4) is 0 Å². The second kappa shape index (κ2) is 6.78. The first-order chi connectivity index (χ1) is 8.15. The van der Waals surface area contributed by atoms with E-state index in [1.54, 1.807) is 7.05 Å². The number of hydrogen-bond donors (Lipinski definition) is 2. The number of guanidine groups is 1. The largest absolute Gasteiger partial charge is 0.489 e. The second-order valence-corrected chi connectivity index (χ2v) is 3.95. The van der Waals surface area contributed by atoms with Gasteiger partial charge in [-0.1, -0.05) is 12.1 Å². The van der Waals surface area contributed by atoms with Crippen LogP contribution in [0, 0.1) is 6.92 Å². The van der Waals surface area contributed by atoms with Gasteiger partial charge in [0.25, 0.3) is 0 Å². The molecule has 0 aliphatic heterocycles. The Hall–Kier alpha value is -1.71. The minimum absolute atomic E-state index is 0.0851. The summed E-state index contributed by atoms with van der Waals surface area (Å²) in [5, 5.41) is 6.13. The van der Waals surface area contributed by atoms with E-state index < -0.39 is 0 Å². The Bertz CT molecular complexity index is 377. The van der Waals surface area contributed by atoms with Crippen LogP contribution >= 0.6 is 0 Å². The maximum absolute atomic E-state index is 5.79. The first-order valence-electron chi connectivity index (χ1n) is 5.77. The number of ether oxygens (including phenoxy) is 1. The molecular weight excluding hydrogens is 214 g/mol. The van der Waals surface area contributed by atoms with Crippen LogP contribution in [0.4, 0.5) is 0 Å². The molecule has 2 N–H and O–H groups in total. The molecule has 0 aliphatic rings. The molecule has 1 unspecified atom stereocenters. The summed E-state index contributed by atoms with van der Waals surface area (Å²) in [5.41, 5.74) is 1.20. The van der Waals surface area contributed by atoms with Crippen LogP contribution in [0.15, 0.2) is 29.3 Å². The van der Waals surface area contributed by atoms with Crippen molar-refractivity contribution in [3.05, 3.63) is 29.8 Å². The Labute approximate surface area is 103 Å². The quantitative estimate of drug-likeness (QED) is 0.615. The van der Waals surface area contributed by atoms with Crippen LogP contribution < -0.4 is 15.4 Å². The van der Waals surface area contributed by atoms with E-state index in [1.165, 1.54) is 5.56 Å². The van der Waals surface area contributed by atoms with Crippen molar-refractivity contribution in [2.24, 2.45) is 4.99 Å². The summed E-state index contributed by atoms with van der Waals surface area (Å²) >= 11 is 0. The Balaban J connectivity index is 2.42. The molecule has 4 nitrogen and oxygen atoms in total. The molecule has 1 rings (SSSR count). The molecule has 1 aromatic rings. The van der Waals surface area contributed by atoms with Crippen molar-refractivity contribution in [2.45, 2.75) is 20.0 Å². The summed E-state index contributed by atoms with van der Waals surface area (Å²) in [6.07, 6.45) is 0.0851. The van der Waals surface area contributed by atoms with E-state index in [1.807, 2.05) is 32.2 Å². The van der Waals surface area contributed by atoms with E-state index in [9.17, 15) is 0 Å². The van der Waals surface area contributed by atoms with Crippen LogP contribution in [0.2, 0.25) is 0 Å². The van der Waals surface area contributed by atoms with Crippen molar-refractivity contribution in [2.75, 3.05) is 20.6 Å². The first kappa shape index (κ1) is 13.4. The Morgan fingerprint density at radius 3 is 2.82 bits per heavy atom. The van der Waals surface area contributed by atoms with Gasteiger partial charge in [0.1, 0.15) is 11.9 Å². The molecule has 0 spiro atoms. The zero-order valence-electron chi connectivity index (χ0n) is 10.9. The van der Waals surface area contributed by atoms with Crippen molar-refractivity contribution >= 4 is 5.96 Å². The van der Waals surface area contributed by atoms with Crippen LogP contribution in [0.1, 0.15) is 12.5 Å². The van der Waals surface area contributed by atoms with Gasteiger partial charge in [0.2, 0.25) is 0 Å². The fraction of sp³-hybridized carbons (Fsp3) is 0.462. The van der Waals surface area contributed by atoms with Gasteiger partial charge in [-0.2, -0.15) is 0 Å². The highest BCUT2D eigenvalue weighted by Crippen LogP contribution is 2.13. The molecule has 1 aromatic carbocycles. The highest BCUT2D eigenvalue weighted by atomic mass is 16.5. The zero-order valence-corrected chi connectivity index (χ0v) is 10.9. The van der Waals surface area contributed by atoms with Gasteiger partial charge in [-0.05, 0) is 31.5 Å². The normalized spacial score (nSPS) is 13.1. The van der Waals surface area contributed by atoms with Gasteiger partial charge in [-0.3, -0.25) is 4.99 Å². The number of benzene rings is 1. The third-order valence-electron chi connectivity index (χ3n) is 2.34. The van der Waals surface area contributed by atoms with Crippen LogP contribution in [-0.4, -0.2) is 32.7 Å². The van der Waals surface area contributed by atoms with Gasteiger partial charge >= 0.3 is 0 Å². The SMILES string of the molecule is CN=C(NC)NCC(C)Oc1cccc(C)c1. The van der Waals surface area contributed by atoms with Crippen molar-refractivity contribution in [3.63, 3.8) is 0 Å². The van der Waals surface area contributed by atoms with E-state index >= 15 is 0 Å². The molecule has 0 saturated heterocycles. The monoisotopic (exact) mass is 235 g/mol. The van der Waals surface area contributed by atoms with Gasteiger partial charge in [0, 0.05) is 14.1 Å². The van der Waals surface area contributed by atoms with E-state index in [0.717, 1.165) is 11.7 Å². The fourth-order valence-corrected chi connectivity index (χ4v) is 1.48. The highest BCUT2D eigenvalue weighted by Gasteiger charge is 2.04. The van der Waals surface area contributed by atoms with E-state index in [2.05, 4.69) is 28.6 Å². The lowest BCUT2D eigenvalue weighted by atomic mass is 10.2. The molecule has 0 amide bonds. The number of hydrogen-bond acceptors (Lipinski definition) is 2. The zero-order chi connectivity index (χ0) is 12.7. The maximum atomic E-state index is 5.79. The summed E-state index contributed by atoms with van der Waals surface area (Å²) in [4.78, 5) is 4.04. The van der Waals surface area contributed by atoms with Crippen LogP contribution in [0.5, 0.6) is 5.75 Å². The molecule has 0 saturated carbocycles. The Kier molecular flexibility index (Phi) is 5.33. The summed E-state index contributed by atoms with van der Waals surface area (Å²) in [6, 6.07) is 8.05. The fourth-order valence-electron chi connectivity index (χ4n) is 1.48. The van der Waals surface area contributed by atoms with Crippen molar-refractivity contribution in [1.29, 1.82) is 0 Å². The number of aryl methyl sites for hydroxylation is 1. The molecule has 0 aromatic heterocycles. The summed E-state index contributed by atoms with van der Waals surface area (Å²) < 4.78 is 5.79. The second-order valence-electron chi connectivity index (χ2n) is 3.95. The van der Waals surface area contributed by atoms with Gasteiger partial charge in [0.05, 0.1) is 6.54 Å². The predicted molar refractivity (Wildman–Crippen MR) is 71.7 cm³/mol. The molecule has 1 atom stereocenters. The topological polar surface area (TPSA) is 45.7 Å². The van der Waals surface area contributed by atoms with Gasteiger partial charge in [0.15, 0.2) is 5.96 Å². The Morgan fingerprint density at radius 2 is 2.24 bits per heavy atom. The van der Waals surface area contributed by atoms with Gasteiger partial charge in [-0.15, -0.1) is 0 Å². The number of nitrogens with one attached hydrogen (secondary N) is 2. The molecule has 17 heavy (non-hydrogen) atoms. The average molecular weight is 235 g/mol. The lowest BCUT2D eigenvalue weighted by molar-refractivity contribution is 0.224. The molecule has 0 heterocycles. The predicted octanol–water partition coefficient (Wildman–Crippen LogP) is 1.56. The molecule has 0 bridgehead atoms. The average Bonchev–Trinajstić information content (AvgIpc) is 2.30. The van der Waals surface area contributed by atoms with Crippen molar-refractivity contribution in [3.8, 4) is 5.75 Å². The summed E-state index contributed by atoms with van der Waals surface area (Å²) in [7, 11) is 3.58. The lowest BCUT2D eigenvalue weighted by Gasteiger charge is -2.17. The number of nitrogens with zero attached hydrogens (tertiary/aromatic N) is 1. The maximum Gasteiger partial charge on any atom is 0.190 e. The molecule has 94 valence electrons. The molecular formula is C13H21N3O. The molecule has 4 heteroatoms. The van der Waals surface area contributed by atoms with E-state index in [0.29, 0.717) is 6.54 Å². The van der Waals surface area contributed by atoms with Crippen molar-refractivity contribution < 1.29 is 4.74 Å². The minimum Gasteiger partial charge on any atom is -0.489 e. The third-order valence-corrected chi connectivity index (χ3v) is 2.34. The number of rotatable bonds is 4. The smallest absolute Gasteiger partial charge is 0.190 e.